The predicted molar refractivity (Wildman–Crippen MR) is 114 cm³/mol. The molecule has 1 amide bonds. The minimum absolute atomic E-state index is 0.240. The summed E-state index contributed by atoms with van der Waals surface area (Å²) in [5, 5.41) is 7.43. The van der Waals surface area contributed by atoms with Crippen LogP contribution in [0.1, 0.15) is 40.1 Å². The number of rotatable bonds is 6. The molecule has 0 spiro atoms. The zero-order chi connectivity index (χ0) is 21.2. The minimum Gasteiger partial charge on any atom is -0.345 e. The molecule has 0 saturated carbocycles. The summed E-state index contributed by atoms with van der Waals surface area (Å²) in [6.07, 6.45) is 2.84. The Morgan fingerprint density at radius 3 is 2.24 bits per heavy atom. The van der Waals surface area contributed by atoms with Crippen LogP contribution in [0.3, 0.4) is 0 Å². The number of anilines is 1. The van der Waals surface area contributed by atoms with E-state index < -0.39 is 10.0 Å². The number of aryl methyl sites for hydroxylation is 1. The van der Waals surface area contributed by atoms with Gasteiger partial charge in [0, 0.05) is 22.5 Å². The van der Waals surface area contributed by atoms with Gasteiger partial charge < -0.3 is 5.32 Å². The lowest BCUT2D eigenvalue weighted by Crippen LogP contribution is -2.27. The summed E-state index contributed by atoms with van der Waals surface area (Å²) in [5.74, 6) is -0.245. The summed E-state index contributed by atoms with van der Waals surface area (Å²) in [6, 6.07) is 14.1. The number of sulfonamides is 1. The van der Waals surface area contributed by atoms with Gasteiger partial charge in [-0.1, -0.05) is 17.7 Å². The monoisotopic (exact) mass is 412 g/mol. The van der Waals surface area contributed by atoms with Crippen molar-refractivity contribution in [2.75, 3.05) is 11.0 Å². The van der Waals surface area contributed by atoms with Crippen molar-refractivity contribution in [2.24, 2.45) is 0 Å². The Morgan fingerprint density at radius 2 is 1.66 bits per heavy atom. The second kappa shape index (κ2) is 8.08. The van der Waals surface area contributed by atoms with Gasteiger partial charge in [-0.2, -0.15) is 5.10 Å². The molecule has 1 heterocycles. The van der Waals surface area contributed by atoms with E-state index in [2.05, 4.69) is 15.1 Å². The smallest absolute Gasteiger partial charge is 0.251 e. The van der Waals surface area contributed by atoms with Crippen molar-refractivity contribution in [3.8, 4) is 5.69 Å². The predicted octanol–water partition coefficient (Wildman–Crippen LogP) is 3.35. The summed E-state index contributed by atoms with van der Waals surface area (Å²) in [7, 11) is -3.35. The van der Waals surface area contributed by atoms with Crippen molar-refractivity contribution in [2.45, 2.75) is 26.8 Å². The van der Waals surface area contributed by atoms with E-state index in [0.29, 0.717) is 11.3 Å². The van der Waals surface area contributed by atoms with Gasteiger partial charge >= 0.3 is 0 Å². The first-order valence-corrected chi connectivity index (χ1v) is 11.0. The topological polar surface area (TPSA) is 93.1 Å². The third-order valence-electron chi connectivity index (χ3n) is 4.59. The van der Waals surface area contributed by atoms with Crippen LogP contribution in [-0.2, 0) is 10.0 Å². The molecule has 7 nitrogen and oxygen atoms in total. The van der Waals surface area contributed by atoms with Gasteiger partial charge in [-0.25, -0.2) is 13.1 Å². The molecule has 0 fully saturated rings. The molecule has 8 heteroatoms. The fourth-order valence-electron chi connectivity index (χ4n) is 3.06. The number of benzene rings is 2. The minimum atomic E-state index is -3.35. The van der Waals surface area contributed by atoms with Gasteiger partial charge in [0.25, 0.3) is 5.91 Å². The number of aromatic nitrogens is 2. The van der Waals surface area contributed by atoms with E-state index in [4.69, 9.17) is 0 Å². The number of carbonyl (C=O) groups is 1. The molecule has 0 aliphatic carbocycles. The Kier molecular flexibility index (Phi) is 5.74. The highest BCUT2D eigenvalue weighted by Crippen LogP contribution is 2.21. The molecule has 1 atom stereocenters. The third kappa shape index (κ3) is 5.03. The standard InChI is InChI=1S/C21H24N4O3S/c1-14-5-11-19(12-6-14)25-16(3)20(13-22-25)15(2)23-21(26)17-7-9-18(10-8-17)24-29(4,27)28/h5-13,15,24H,1-4H3,(H,23,26)/t15-/m1/s1. The van der Waals surface area contributed by atoms with Gasteiger partial charge in [-0.15, -0.1) is 0 Å². The van der Waals surface area contributed by atoms with Crippen LogP contribution in [-0.4, -0.2) is 30.4 Å². The summed E-state index contributed by atoms with van der Waals surface area (Å²) in [4.78, 5) is 12.6. The van der Waals surface area contributed by atoms with Crippen LogP contribution in [0.4, 0.5) is 5.69 Å². The summed E-state index contributed by atoms with van der Waals surface area (Å²) >= 11 is 0. The lowest BCUT2D eigenvalue weighted by Gasteiger charge is -2.14. The van der Waals surface area contributed by atoms with E-state index in [-0.39, 0.29) is 11.9 Å². The second-order valence-corrected chi connectivity index (χ2v) is 8.83. The van der Waals surface area contributed by atoms with Crippen molar-refractivity contribution in [3.63, 3.8) is 0 Å². The largest absolute Gasteiger partial charge is 0.345 e. The zero-order valence-electron chi connectivity index (χ0n) is 16.8. The van der Waals surface area contributed by atoms with Crippen LogP contribution in [0.15, 0.2) is 54.7 Å². The second-order valence-electron chi connectivity index (χ2n) is 7.08. The van der Waals surface area contributed by atoms with Gasteiger partial charge in [0.1, 0.15) is 0 Å². The first-order valence-electron chi connectivity index (χ1n) is 9.14. The van der Waals surface area contributed by atoms with E-state index in [1.54, 1.807) is 30.5 Å². The van der Waals surface area contributed by atoms with Crippen LogP contribution < -0.4 is 10.0 Å². The molecule has 0 unspecified atom stereocenters. The molecule has 1 aromatic heterocycles. The molecule has 3 aromatic rings. The van der Waals surface area contributed by atoms with Gasteiger partial charge in [-0.05, 0) is 57.2 Å². The molecule has 0 radical (unpaired) electrons. The van der Waals surface area contributed by atoms with Crippen molar-refractivity contribution in [1.29, 1.82) is 0 Å². The Bertz CT molecular complexity index is 1120. The first-order chi connectivity index (χ1) is 13.6. The Balaban J connectivity index is 1.72. The lowest BCUT2D eigenvalue weighted by molar-refractivity contribution is 0.0940. The highest BCUT2D eigenvalue weighted by molar-refractivity contribution is 7.92. The molecule has 0 aliphatic rings. The molecule has 0 bridgehead atoms. The fraction of sp³-hybridized carbons (Fsp3) is 0.238. The normalized spacial score (nSPS) is 12.4. The summed E-state index contributed by atoms with van der Waals surface area (Å²) in [5.41, 5.74) is 4.87. The van der Waals surface area contributed by atoms with Gasteiger partial charge in [0.05, 0.1) is 24.2 Å². The van der Waals surface area contributed by atoms with E-state index in [0.717, 1.165) is 23.2 Å². The van der Waals surface area contributed by atoms with Gasteiger partial charge in [0.2, 0.25) is 10.0 Å². The SMILES string of the molecule is Cc1ccc(-n2ncc([C@@H](C)NC(=O)c3ccc(NS(C)(=O)=O)cc3)c2C)cc1. The average Bonchev–Trinajstić information content (AvgIpc) is 3.03. The van der Waals surface area contributed by atoms with Crippen molar-refractivity contribution >= 4 is 21.6 Å². The van der Waals surface area contributed by atoms with E-state index in [1.165, 1.54) is 5.56 Å². The molecular formula is C21H24N4O3S. The van der Waals surface area contributed by atoms with Crippen LogP contribution in [0.2, 0.25) is 0 Å². The molecule has 152 valence electrons. The summed E-state index contributed by atoms with van der Waals surface area (Å²) < 4.78 is 26.8. The maximum Gasteiger partial charge on any atom is 0.251 e. The molecule has 2 N–H and O–H groups in total. The van der Waals surface area contributed by atoms with E-state index in [9.17, 15) is 13.2 Å². The third-order valence-corrected chi connectivity index (χ3v) is 5.20. The first kappa shape index (κ1) is 20.6. The Hall–Kier alpha value is -3.13. The van der Waals surface area contributed by atoms with Crippen molar-refractivity contribution < 1.29 is 13.2 Å². The lowest BCUT2D eigenvalue weighted by atomic mass is 10.1. The molecule has 29 heavy (non-hydrogen) atoms. The number of nitrogens with one attached hydrogen (secondary N) is 2. The van der Waals surface area contributed by atoms with E-state index in [1.807, 2.05) is 49.7 Å². The number of hydrogen-bond acceptors (Lipinski definition) is 4. The van der Waals surface area contributed by atoms with Gasteiger partial charge in [0.15, 0.2) is 0 Å². The Morgan fingerprint density at radius 1 is 1.03 bits per heavy atom. The quantitative estimate of drug-likeness (QED) is 0.649. The molecule has 0 aliphatic heterocycles. The number of hydrogen-bond donors (Lipinski definition) is 2. The highest BCUT2D eigenvalue weighted by atomic mass is 32.2. The van der Waals surface area contributed by atoms with Gasteiger partial charge in [-0.3, -0.25) is 9.52 Å². The zero-order valence-corrected chi connectivity index (χ0v) is 17.6. The maximum absolute atomic E-state index is 12.6. The molecule has 3 rings (SSSR count). The molecule has 2 aromatic carbocycles. The van der Waals surface area contributed by atoms with Crippen LogP contribution in [0.25, 0.3) is 5.69 Å². The number of carbonyl (C=O) groups excluding carboxylic acids is 1. The average molecular weight is 413 g/mol. The van der Waals surface area contributed by atoms with Crippen LogP contribution in [0.5, 0.6) is 0 Å². The summed E-state index contributed by atoms with van der Waals surface area (Å²) in [6.45, 7) is 5.91. The van der Waals surface area contributed by atoms with Crippen LogP contribution in [0, 0.1) is 13.8 Å². The van der Waals surface area contributed by atoms with Crippen LogP contribution >= 0.6 is 0 Å². The maximum atomic E-state index is 12.6. The fourth-order valence-corrected chi connectivity index (χ4v) is 3.62. The van der Waals surface area contributed by atoms with Crippen molar-refractivity contribution in [1.82, 2.24) is 15.1 Å². The molecular weight excluding hydrogens is 388 g/mol. The number of amides is 1. The van der Waals surface area contributed by atoms with E-state index >= 15 is 0 Å². The molecule has 0 saturated heterocycles. The highest BCUT2D eigenvalue weighted by Gasteiger charge is 2.17. The van der Waals surface area contributed by atoms with Crippen molar-refractivity contribution in [3.05, 3.63) is 77.1 Å². The number of nitrogens with zero attached hydrogens (tertiary/aromatic N) is 2. The Labute approximate surface area is 170 Å².